The van der Waals surface area contributed by atoms with Crippen LogP contribution in [0.4, 0.5) is 0 Å². The fourth-order valence-electron chi connectivity index (χ4n) is 2.24. The van der Waals surface area contributed by atoms with Crippen molar-refractivity contribution < 1.29 is 19.1 Å². The van der Waals surface area contributed by atoms with E-state index in [4.69, 9.17) is 4.74 Å². The average Bonchev–Trinajstić information content (AvgIpc) is 2.38. The topological polar surface area (TPSA) is 75.7 Å². The number of carbonyl (C=O) groups is 3. The molecule has 6 nitrogen and oxygen atoms in total. The Labute approximate surface area is 113 Å². The van der Waals surface area contributed by atoms with E-state index in [1.54, 1.807) is 7.05 Å². The molecule has 108 valence electrons. The fourth-order valence-corrected chi connectivity index (χ4v) is 2.24. The molecule has 1 aliphatic rings. The highest BCUT2D eigenvalue weighted by molar-refractivity contribution is 5.83. The largest absolute Gasteiger partial charge is 0.469 e. The number of hydrogen-bond acceptors (Lipinski definition) is 4. The monoisotopic (exact) mass is 270 g/mol. The molecule has 0 unspecified atom stereocenters. The third kappa shape index (κ3) is 4.89. The Morgan fingerprint density at radius 2 is 1.79 bits per heavy atom. The van der Waals surface area contributed by atoms with E-state index >= 15 is 0 Å². The summed E-state index contributed by atoms with van der Waals surface area (Å²) in [5.41, 5.74) is 0. The molecule has 1 fully saturated rings. The van der Waals surface area contributed by atoms with Crippen molar-refractivity contribution >= 4 is 17.8 Å². The van der Waals surface area contributed by atoms with E-state index in [-0.39, 0.29) is 36.3 Å². The zero-order valence-electron chi connectivity index (χ0n) is 11.8. The minimum absolute atomic E-state index is 0.0435. The van der Waals surface area contributed by atoms with Gasteiger partial charge in [-0.25, -0.2) is 0 Å². The first-order valence-electron chi connectivity index (χ1n) is 6.53. The molecular formula is C13H22N2O4. The van der Waals surface area contributed by atoms with E-state index in [2.05, 4.69) is 5.32 Å². The van der Waals surface area contributed by atoms with Crippen molar-refractivity contribution in [2.24, 2.45) is 5.92 Å². The van der Waals surface area contributed by atoms with E-state index in [0.29, 0.717) is 0 Å². The highest BCUT2D eigenvalue weighted by Gasteiger charge is 2.27. The molecule has 1 rings (SSSR count). The van der Waals surface area contributed by atoms with Crippen LogP contribution in [0.25, 0.3) is 0 Å². The molecule has 0 bridgehead atoms. The Morgan fingerprint density at radius 3 is 2.26 bits per heavy atom. The van der Waals surface area contributed by atoms with E-state index in [0.717, 1.165) is 25.7 Å². The van der Waals surface area contributed by atoms with Crippen LogP contribution in [0.3, 0.4) is 0 Å². The molecule has 0 aromatic heterocycles. The standard InChI is InChI=1S/C13H22N2O4/c1-9(16)15(2)8-12(17)14-11-6-4-10(5-7-11)13(18)19-3/h10-11H,4-8H2,1-3H3,(H,14,17). The summed E-state index contributed by atoms with van der Waals surface area (Å²) >= 11 is 0. The van der Waals surface area contributed by atoms with Gasteiger partial charge in [-0.1, -0.05) is 0 Å². The maximum atomic E-state index is 11.7. The van der Waals surface area contributed by atoms with Gasteiger partial charge in [0, 0.05) is 20.0 Å². The normalized spacial score (nSPS) is 22.5. The minimum atomic E-state index is -0.166. The Balaban J connectivity index is 2.31. The van der Waals surface area contributed by atoms with Crippen molar-refractivity contribution in [2.45, 2.75) is 38.6 Å². The molecule has 0 atom stereocenters. The van der Waals surface area contributed by atoms with Gasteiger partial charge in [-0.15, -0.1) is 0 Å². The van der Waals surface area contributed by atoms with Crippen molar-refractivity contribution in [1.82, 2.24) is 10.2 Å². The van der Waals surface area contributed by atoms with Crippen molar-refractivity contribution in [3.8, 4) is 0 Å². The summed E-state index contributed by atoms with van der Waals surface area (Å²) < 4.78 is 4.71. The lowest BCUT2D eigenvalue weighted by Crippen LogP contribution is -2.44. The SMILES string of the molecule is COC(=O)C1CCC(NC(=O)CN(C)C(C)=O)CC1. The van der Waals surface area contributed by atoms with Gasteiger partial charge in [-0.05, 0) is 25.7 Å². The summed E-state index contributed by atoms with van der Waals surface area (Å²) in [4.78, 5) is 35.5. The van der Waals surface area contributed by atoms with Gasteiger partial charge in [0.25, 0.3) is 0 Å². The Bertz CT molecular complexity index is 349. The van der Waals surface area contributed by atoms with Crippen LogP contribution in [0.1, 0.15) is 32.6 Å². The molecule has 0 aliphatic heterocycles. The number of carbonyl (C=O) groups excluding carboxylic acids is 3. The summed E-state index contributed by atoms with van der Waals surface area (Å²) in [6.07, 6.45) is 3.02. The lowest BCUT2D eigenvalue weighted by Gasteiger charge is -2.28. The van der Waals surface area contributed by atoms with Gasteiger partial charge in [0.1, 0.15) is 0 Å². The molecule has 0 radical (unpaired) electrons. The number of rotatable bonds is 4. The van der Waals surface area contributed by atoms with Crippen molar-refractivity contribution in [3.05, 3.63) is 0 Å². The molecule has 6 heteroatoms. The summed E-state index contributed by atoms with van der Waals surface area (Å²) in [6, 6.07) is 0.0914. The van der Waals surface area contributed by atoms with Crippen LogP contribution in [0.5, 0.6) is 0 Å². The Hall–Kier alpha value is -1.59. The third-order valence-corrected chi connectivity index (χ3v) is 3.55. The average molecular weight is 270 g/mol. The van der Waals surface area contributed by atoms with Crippen molar-refractivity contribution in [3.63, 3.8) is 0 Å². The van der Waals surface area contributed by atoms with Crippen molar-refractivity contribution in [1.29, 1.82) is 0 Å². The van der Waals surface area contributed by atoms with Crippen LogP contribution in [-0.2, 0) is 19.1 Å². The van der Waals surface area contributed by atoms with Gasteiger partial charge in [0.05, 0.1) is 19.6 Å². The molecule has 1 N–H and O–H groups in total. The number of hydrogen-bond donors (Lipinski definition) is 1. The van der Waals surface area contributed by atoms with Gasteiger partial charge in [-0.3, -0.25) is 14.4 Å². The smallest absolute Gasteiger partial charge is 0.308 e. The van der Waals surface area contributed by atoms with E-state index < -0.39 is 0 Å². The van der Waals surface area contributed by atoms with Gasteiger partial charge in [0.15, 0.2) is 0 Å². The van der Waals surface area contributed by atoms with Crippen LogP contribution in [-0.4, -0.2) is 49.4 Å². The Morgan fingerprint density at radius 1 is 1.21 bits per heavy atom. The van der Waals surface area contributed by atoms with Gasteiger partial charge in [0.2, 0.25) is 11.8 Å². The van der Waals surface area contributed by atoms with Crippen LogP contribution in [0.15, 0.2) is 0 Å². The van der Waals surface area contributed by atoms with Gasteiger partial charge < -0.3 is 15.0 Å². The van der Waals surface area contributed by atoms with E-state index in [9.17, 15) is 14.4 Å². The lowest BCUT2D eigenvalue weighted by molar-refractivity contribution is -0.146. The quantitative estimate of drug-likeness (QED) is 0.746. The molecule has 2 amide bonds. The molecular weight excluding hydrogens is 248 g/mol. The highest BCUT2D eigenvalue weighted by atomic mass is 16.5. The second kappa shape index (κ2) is 7.11. The molecule has 0 aromatic carbocycles. The van der Waals surface area contributed by atoms with Crippen LogP contribution >= 0.6 is 0 Å². The van der Waals surface area contributed by atoms with Crippen molar-refractivity contribution in [2.75, 3.05) is 20.7 Å². The molecule has 0 saturated heterocycles. The molecule has 1 saturated carbocycles. The first-order valence-corrected chi connectivity index (χ1v) is 6.53. The molecule has 19 heavy (non-hydrogen) atoms. The summed E-state index contributed by atoms with van der Waals surface area (Å²) in [5, 5.41) is 2.90. The zero-order chi connectivity index (χ0) is 14.4. The number of nitrogens with zero attached hydrogens (tertiary/aromatic N) is 1. The van der Waals surface area contributed by atoms with Crippen LogP contribution in [0, 0.1) is 5.92 Å². The predicted octanol–water partition coefficient (Wildman–Crippen LogP) is 0.313. The summed E-state index contributed by atoms with van der Waals surface area (Å²) in [6.45, 7) is 1.50. The van der Waals surface area contributed by atoms with Crippen LogP contribution < -0.4 is 5.32 Å². The Kier molecular flexibility index (Phi) is 5.79. The number of amides is 2. The summed E-state index contributed by atoms with van der Waals surface area (Å²) in [7, 11) is 2.99. The maximum Gasteiger partial charge on any atom is 0.308 e. The van der Waals surface area contributed by atoms with E-state index in [1.807, 2.05) is 0 Å². The third-order valence-electron chi connectivity index (χ3n) is 3.55. The first-order chi connectivity index (χ1) is 8.93. The maximum absolute atomic E-state index is 11.7. The number of methoxy groups -OCH3 is 1. The number of nitrogens with one attached hydrogen (secondary N) is 1. The first kappa shape index (κ1) is 15.5. The predicted molar refractivity (Wildman–Crippen MR) is 69.2 cm³/mol. The molecule has 0 spiro atoms. The summed E-state index contributed by atoms with van der Waals surface area (Å²) in [5.74, 6) is -0.497. The van der Waals surface area contributed by atoms with Gasteiger partial charge >= 0.3 is 5.97 Å². The van der Waals surface area contributed by atoms with Crippen LogP contribution in [0.2, 0.25) is 0 Å². The molecule has 0 heterocycles. The van der Waals surface area contributed by atoms with Gasteiger partial charge in [-0.2, -0.15) is 0 Å². The number of ether oxygens (including phenoxy) is 1. The molecule has 1 aliphatic carbocycles. The van der Waals surface area contributed by atoms with E-state index in [1.165, 1.54) is 18.9 Å². The molecule has 0 aromatic rings. The fraction of sp³-hybridized carbons (Fsp3) is 0.769. The second-order valence-corrected chi connectivity index (χ2v) is 5.01. The lowest BCUT2D eigenvalue weighted by atomic mass is 9.86. The highest BCUT2D eigenvalue weighted by Crippen LogP contribution is 2.25. The number of esters is 1. The zero-order valence-corrected chi connectivity index (χ0v) is 11.8. The minimum Gasteiger partial charge on any atom is -0.469 e. The number of likely N-dealkylation sites (N-methyl/N-ethyl adjacent to an activating group) is 1. The second-order valence-electron chi connectivity index (χ2n) is 5.01.